The minimum absolute atomic E-state index is 0.144. The lowest BCUT2D eigenvalue weighted by molar-refractivity contribution is -0.123. The van der Waals surface area contributed by atoms with E-state index in [1.807, 2.05) is 19.2 Å². The van der Waals surface area contributed by atoms with Crippen LogP contribution in [0.25, 0.3) is 0 Å². The van der Waals surface area contributed by atoms with Crippen LogP contribution >= 0.6 is 0 Å². The van der Waals surface area contributed by atoms with Crippen LogP contribution in [-0.4, -0.2) is 25.2 Å². The quantitative estimate of drug-likeness (QED) is 0.897. The molecule has 0 radical (unpaired) electrons. The summed E-state index contributed by atoms with van der Waals surface area (Å²) in [5, 5.41) is 1.81. The van der Waals surface area contributed by atoms with Crippen molar-refractivity contribution in [3.8, 4) is 5.75 Å². The van der Waals surface area contributed by atoms with Gasteiger partial charge in [0.25, 0.3) is 5.91 Å². The van der Waals surface area contributed by atoms with Crippen molar-refractivity contribution in [3.63, 3.8) is 0 Å². The van der Waals surface area contributed by atoms with Gasteiger partial charge in [-0.25, -0.2) is 0 Å². The molecule has 6 heteroatoms. The molecule has 0 aliphatic heterocycles. The Morgan fingerprint density at radius 1 is 1.37 bits per heavy atom. The molecule has 3 nitrogen and oxygen atoms in total. The molecule has 0 aromatic heterocycles. The number of carbonyl (C=O) groups excluding carboxylic acids is 1. The Morgan fingerprint density at radius 2 is 2.05 bits per heavy atom. The standard InChI is InChI=1S/C13H16F3NO2/c1-9(2)7-19-11-5-3-4-10(6-11)12(18)17-8-13(14,15)16/h3-6,9H,7-8H2,1-2H3,(H,17,18). The summed E-state index contributed by atoms with van der Waals surface area (Å²) in [7, 11) is 0. The third-order valence-corrected chi connectivity index (χ3v) is 2.13. The minimum Gasteiger partial charge on any atom is -0.493 e. The van der Waals surface area contributed by atoms with Gasteiger partial charge in [-0.05, 0) is 24.1 Å². The Kier molecular flexibility index (Phi) is 5.20. The molecule has 1 N–H and O–H groups in total. The van der Waals surface area contributed by atoms with E-state index in [1.165, 1.54) is 12.1 Å². The van der Waals surface area contributed by atoms with Gasteiger partial charge in [0.1, 0.15) is 12.3 Å². The number of rotatable bonds is 5. The highest BCUT2D eigenvalue weighted by Crippen LogP contribution is 2.16. The summed E-state index contributed by atoms with van der Waals surface area (Å²) in [6.45, 7) is 3.08. The highest BCUT2D eigenvalue weighted by molar-refractivity contribution is 5.94. The number of amides is 1. The predicted octanol–water partition coefficient (Wildman–Crippen LogP) is 3.01. The van der Waals surface area contributed by atoms with E-state index in [0.717, 1.165) is 0 Å². The van der Waals surface area contributed by atoms with E-state index in [4.69, 9.17) is 4.74 Å². The molecule has 1 amide bonds. The van der Waals surface area contributed by atoms with Gasteiger partial charge in [-0.2, -0.15) is 13.2 Å². The van der Waals surface area contributed by atoms with Gasteiger partial charge in [0, 0.05) is 5.56 Å². The van der Waals surface area contributed by atoms with Gasteiger partial charge in [-0.15, -0.1) is 0 Å². The second-order valence-corrected chi connectivity index (χ2v) is 4.53. The van der Waals surface area contributed by atoms with Gasteiger partial charge in [0.2, 0.25) is 0 Å². The number of halogens is 3. The zero-order valence-electron chi connectivity index (χ0n) is 10.8. The van der Waals surface area contributed by atoms with Crippen molar-refractivity contribution in [1.29, 1.82) is 0 Å². The maximum Gasteiger partial charge on any atom is 0.405 e. The largest absolute Gasteiger partial charge is 0.493 e. The first-order chi connectivity index (χ1) is 8.78. The maximum absolute atomic E-state index is 12.0. The fourth-order valence-corrected chi connectivity index (χ4v) is 1.27. The fourth-order valence-electron chi connectivity index (χ4n) is 1.27. The van der Waals surface area contributed by atoms with Gasteiger partial charge in [-0.3, -0.25) is 4.79 Å². The number of nitrogens with one attached hydrogen (secondary N) is 1. The molecular formula is C13H16F3NO2. The first-order valence-electron chi connectivity index (χ1n) is 5.86. The summed E-state index contributed by atoms with van der Waals surface area (Å²) in [6, 6.07) is 6.09. The van der Waals surface area contributed by atoms with Crippen LogP contribution in [0.4, 0.5) is 13.2 Å². The Labute approximate surface area is 109 Å². The molecule has 0 atom stereocenters. The first kappa shape index (κ1) is 15.3. The molecular weight excluding hydrogens is 259 g/mol. The molecule has 0 heterocycles. The van der Waals surface area contributed by atoms with E-state index < -0.39 is 18.6 Å². The van der Waals surface area contributed by atoms with E-state index in [9.17, 15) is 18.0 Å². The van der Waals surface area contributed by atoms with Crippen LogP contribution in [0.3, 0.4) is 0 Å². The Hall–Kier alpha value is -1.72. The molecule has 1 aromatic carbocycles. The lowest BCUT2D eigenvalue weighted by Gasteiger charge is -2.11. The molecule has 0 fully saturated rings. The number of alkyl halides is 3. The van der Waals surface area contributed by atoms with Crippen LogP contribution in [0, 0.1) is 5.92 Å². The first-order valence-corrected chi connectivity index (χ1v) is 5.86. The summed E-state index contributed by atoms with van der Waals surface area (Å²) >= 11 is 0. The van der Waals surface area contributed by atoms with Crippen molar-refractivity contribution >= 4 is 5.91 Å². The topological polar surface area (TPSA) is 38.3 Å². The molecule has 106 valence electrons. The SMILES string of the molecule is CC(C)COc1cccc(C(=O)NCC(F)(F)F)c1. The van der Waals surface area contributed by atoms with Gasteiger partial charge >= 0.3 is 6.18 Å². The zero-order chi connectivity index (χ0) is 14.5. The van der Waals surface area contributed by atoms with Crippen LogP contribution < -0.4 is 10.1 Å². The summed E-state index contributed by atoms with van der Waals surface area (Å²) in [6.07, 6.45) is -4.42. The number of hydrogen-bond acceptors (Lipinski definition) is 2. The van der Waals surface area contributed by atoms with E-state index >= 15 is 0 Å². The molecule has 0 aliphatic carbocycles. The maximum atomic E-state index is 12.0. The second-order valence-electron chi connectivity index (χ2n) is 4.53. The average molecular weight is 275 g/mol. The van der Waals surface area contributed by atoms with Crippen LogP contribution in [0.2, 0.25) is 0 Å². The van der Waals surface area contributed by atoms with Gasteiger partial charge < -0.3 is 10.1 Å². The third kappa shape index (κ3) is 6.13. The molecule has 0 unspecified atom stereocenters. The summed E-state index contributed by atoms with van der Waals surface area (Å²) < 4.78 is 41.3. The Balaban J connectivity index is 2.62. The predicted molar refractivity (Wildman–Crippen MR) is 65.2 cm³/mol. The number of hydrogen-bond donors (Lipinski definition) is 1. The van der Waals surface area contributed by atoms with E-state index in [0.29, 0.717) is 18.3 Å². The van der Waals surface area contributed by atoms with Crippen molar-refractivity contribution in [2.45, 2.75) is 20.0 Å². The molecule has 0 bridgehead atoms. The lowest BCUT2D eigenvalue weighted by Crippen LogP contribution is -2.33. The molecule has 0 spiro atoms. The molecule has 0 saturated carbocycles. The average Bonchev–Trinajstić information content (AvgIpc) is 2.33. The molecule has 0 aliphatic rings. The Bertz CT molecular complexity index is 430. The van der Waals surface area contributed by atoms with E-state index in [1.54, 1.807) is 12.1 Å². The lowest BCUT2D eigenvalue weighted by atomic mass is 10.2. The van der Waals surface area contributed by atoms with E-state index in [-0.39, 0.29) is 5.56 Å². The van der Waals surface area contributed by atoms with Crippen LogP contribution in [0.15, 0.2) is 24.3 Å². The molecule has 0 saturated heterocycles. The normalized spacial score (nSPS) is 11.5. The number of carbonyl (C=O) groups is 1. The number of benzene rings is 1. The zero-order valence-corrected chi connectivity index (χ0v) is 10.8. The van der Waals surface area contributed by atoms with Crippen LogP contribution in [0.1, 0.15) is 24.2 Å². The monoisotopic (exact) mass is 275 g/mol. The Morgan fingerprint density at radius 3 is 2.63 bits per heavy atom. The van der Waals surface area contributed by atoms with Crippen LogP contribution in [-0.2, 0) is 0 Å². The molecule has 19 heavy (non-hydrogen) atoms. The van der Waals surface area contributed by atoms with Gasteiger partial charge in [-0.1, -0.05) is 19.9 Å². The van der Waals surface area contributed by atoms with Crippen LogP contribution in [0.5, 0.6) is 5.75 Å². The molecule has 1 rings (SSSR count). The minimum atomic E-state index is -4.42. The molecule has 1 aromatic rings. The third-order valence-electron chi connectivity index (χ3n) is 2.13. The summed E-state index contributed by atoms with van der Waals surface area (Å²) in [4.78, 5) is 11.5. The highest BCUT2D eigenvalue weighted by atomic mass is 19.4. The second kappa shape index (κ2) is 6.45. The van der Waals surface area contributed by atoms with Crippen molar-refractivity contribution in [2.75, 3.05) is 13.2 Å². The van der Waals surface area contributed by atoms with E-state index in [2.05, 4.69) is 0 Å². The van der Waals surface area contributed by atoms with Gasteiger partial charge in [0.15, 0.2) is 0 Å². The smallest absolute Gasteiger partial charge is 0.405 e. The van der Waals surface area contributed by atoms with Crippen molar-refractivity contribution in [3.05, 3.63) is 29.8 Å². The summed E-state index contributed by atoms with van der Waals surface area (Å²) in [5.74, 6) is 0.0170. The van der Waals surface area contributed by atoms with Crippen molar-refractivity contribution in [2.24, 2.45) is 5.92 Å². The van der Waals surface area contributed by atoms with Crippen molar-refractivity contribution in [1.82, 2.24) is 5.32 Å². The van der Waals surface area contributed by atoms with Crippen molar-refractivity contribution < 1.29 is 22.7 Å². The van der Waals surface area contributed by atoms with Gasteiger partial charge in [0.05, 0.1) is 6.61 Å². The fraction of sp³-hybridized carbons (Fsp3) is 0.462. The highest BCUT2D eigenvalue weighted by Gasteiger charge is 2.27. The number of ether oxygens (including phenoxy) is 1. The summed E-state index contributed by atoms with van der Waals surface area (Å²) in [5.41, 5.74) is 0.144.